The SMILES string of the molecule is COc1ccc(C[NH+]2CCN(C(=O)CCc3c(C)nc(SC)nc3C)CC2)cc1. The number of piperazine rings is 1. The molecule has 6 nitrogen and oxygen atoms in total. The second-order valence-electron chi connectivity index (χ2n) is 7.52. The van der Waals surface area contributed by atoms with E-state index in [1.807, 2.05) is 37.1 Å². The van der Waals surface area contributed by atoms with Crippen molar-refractivity contribution in [3.63, 3.8) is 0 Å². The fraction of sp³-hybridized carbons (Fsp3) is 0.500. The minimum atomic E-state index is 0.237. The quantitative estimate of drug-likeness (QED) is 0.551. The molecular formula is C22H31N4O2S+. The number of ether oxygens (including phenoxy) is 1. The van der Waals surface area contributed by atoms with Gasteiger partial charge >= 0.3 is 0 Å². The van der Waals surface area contributed by atoms with Gasteiger partial charge in [-0.15, -0.1) is 0 Å². The van der Waals surface area contributed by atoms with Crippen LogP contribution in [-0.2, 0) is 17.8 Å². The average molecular weight is 416 g/mol. The Bertz CT molecular complexity index is 810. The standard InChI is InChI=1S/C22H30N4O2S/c1-16-20(17(2)24-22(23-16)29-4)9-10-21(27)26-13-11-25(12-14-26)15-18-5-7-19(28-3)8-6-18/h5-8H,9-15H2,1-4H3/p+1. The van der Waals surface area contributed by atoms with Crippen molar-refractivity contribution >= 4 is 17.7 Å². The average Bonchev–Trinajstić information content (AvgIpc) is 2.74. The summed E-state index contributed by atoms with van der Waals surface area (Å²) in [4.78, 5) is 25.3. The molecule has 29 heavy (non-hydrogen) atoms. The van der Waals surface area contributed by atoms with Crippen molar-refractivity contribution in [3.8, 4) is 5.75 Å². The van der Waals surface area contributed by atoms with Crippen LogP contribution in [0.1, 0.15) is 28.9 Å². The summed E-state index contributed by atoms with van der Waals surface area (Å²) in [5.41, 5.74) is 4.40. The summed E-state index contributed by atoms with van der Waals surface area (Å²) in [5, 5.41) is 0.797. The molecule has 0 aliphatic carbocycles. The lowest BCUT2D eigenvalue weighted by atomic mass is 10.1. The zero-order chi connectivity index (χ0) is 20.8. The molecule has 2 aromatic rings. The first-order valence-electron chi connectivity index (χ1n) is 10.1. The van der Waals surface area contributed by atoms with E-state index in [2.05, 4.69) is 22.1 Å². The number of amides is 1. The lowest BCUT2D eigenvalue weighted by Gasteiger charge is -2.32. The van der Waals surface area contributed by atoms with Gasteiger partial charge in [-0.1, -0.05) is 11.8 Å². The molecule has 156 valence electrons. The number of carbonyl (C=O) groups excluding carboxylic acids is 1. The number of hydrogen-bond acceptors (Lipinski definition) is 5. The first-order valence-corrected chi connectivity index (χ1v) is 11.3. The van der Waals surface area contributed by atoms with Crippen LogP contribution in [0, 0.1) is 13.8 Å². The first-order chi connectivity index (χ1) is 14.0. The number of nitrogens with one attached hydrogen (secondary N) is 1. The maximum Gasteiger partial charge on any atom is 0.223 e. The van der Waals surface area contributed by atoms with Crippen LogP contribution in [-0.4, -0.2) is 60.3 Å². The van der Waals surface area contributed by atoms with Crippen molar-refractivity contribution in [1.82, 2.24) is 14.9 Å². The lowest BCUT2D eigenvalue weighted by Crippen LogP contribution is -3.13. The highest BCUT2D eigenvalue weighted by Gasteiger charge is 2.24. The van der Waals surface area contributed by atoms with Gasteiger partial charge in [0.25, 0.3) is 0 Å². The van der Waals surface area contributed by atoms with Crippen molar-refractivity contribution in [3.05, 3.63) is 46.8 Å². The van der Waals surface area contributed by atoms with E-state index in [0.29, 0.717) is 12.8 Å². The predicted octanol–water partition coefficient (Wildman–Crippen LogP) is 1.68. The molecule has 0 atom stereocenters. The van der Waals surface area contributed by atoms with E-state index in [9.17, 15) is 4.79 Å². The second-order valence-corrected chi connectivity index (χ2v) is 8.29. The number of hydrogen-bond donors (Lipinski definition) is 1. The van der Waals surface area contributed by atoms with Crippen LogP contribution in [0.25, 0.3) is 0 Å². The van der Waals surface area contributed by atoms with Crippen molar-refractivity contribution < 1.29 is 14.4 Å². The zero-order valence-corrected chi connectivity index (χ0v) is 18.6. The van der Waals surface area contributed by atoms with Crippen LogP contribution in [0.2, 0.25) is 0 Å². The van der Waals surface area contributed by atoms with Gasteiger partial charge in [0.15, 0.2) is 5.16 Å². The molecule has 1 aliphatic heterocycles. The van der Waals surface area contributed by atoms with Crippen molar-refractivity contribution in [1.29, 1.82) is 0 Å². The number of aryl methyl sites for hydroxylation is 2. The lowest BCUT2D eigenvalue weighted by molar-refractivity contribution is -0.917. The fourth-order valence-corrected chi connectivity index (χ4v) is 4.29. The summed E-state index contributed by atoms with van der Waals surface area (Å²) >= 11 is 1.55. The normalized spacial score (nSPS) is 14.8. The first kappa shape index (κ1) is 21.6. The minimum Gasteiger partial charge on any atom is -0.497 e. The summed E-state index contributed by atoms with van der Waals surface area (Å²) < 4.78 is 5.22. The molecule has 0 saturated carbocycles. The highest BCUT2D eigenvalue weighted by atomic mass is 32.2. The molecule has 0 bridgehead atoms. The number of carbonyl (C=O) groups is 1. The number of methoxy groups -OCH3 is 1. The Hall–Kier alpha value is -2.12. The summed E-state index contributed by atoms with van der Waals surface area (Å²) in [6.07, 6.45) is 3.22. The molecule has 3 rings (SSSR count). The van der Waals surface area contributed by atoms with E-state index in [1.54, 1.807) is 18.9 Å². The molecule has 1 aromatic heterocycles. The van der Waals surface area contributed by atoms with E-state index >= 15 is 0 Å². The Kier molecular flexibility index (Phi) is 7.50. The molecule has 1 saturated heterocycles. The van der Waals surface area contributed by atoms with Crippen molar-refractivity contribution in [2.24, 2.45) is 0 Å². The number of aromatic nitrogens is 2. The zero-order valence-electron chi connectivity index (χ0n) is 17.8. The maximum absolute atomic E-state index is 12.7. The van der Waals surface area contributed by atoms with Gasteiger partial charge in [-0.05, 0) is 56.4 Å². The van der Waals surface area contributed by atoms with Crippen LogP contribution in [0.4, 0.5) is 0 Å². The smallest absolute Gasteiger partial charge is 0.223 e. The van der Waals surface area contributed by atoms with E-state index in [0.717, 1.165) is 60.6 Å². The Balaban J connectivity index is 1.47. The van der Waals surface area contributed by atoms with Gasteiger partial charge in [0, 0.05) is 23.4 Å². The van der Waals surface area contributed by atoms with Gasteiger partial charge < -0.3 is 14.5 Å². The Morgan fingerprint density at radius 1 is 1.14 bits per heavy atom. The monoisotopic (exact) mass is 415 g/mol. The summed E-state index contributed by atoms with van der Waals surface area (Å²) in [5.74, 6) is 1.12. The fourth-order valence-electron chi connectivity index (χ4n) is 3.83. The second kappa shape index (κ2) is 10.1. The summed E-state index contributed by atoms with van der Waals surface area (Å²) in [6.45, 7) is 8.63. The van der Waals surface area contributed by atoms with Crippen LogP contribution in [0.3, 0.4) is 0 Å². The van der Waals surface area contributed by atoms with E-state index in [1.165, 1.54) is 10.5 Å². The van der Waals surface area contributed by atoms with Crippen molar-refractivity contribution in [2.45, 2.75) is 38.4 Å². The highest BCUT2D eigenvalue weighted by molar-refractivity contribution is 7.98. The van der Waals surface area contributed by atoms with Gasteiger partial charge in [-0.3, -0.25) is 4.79 Å². The van der Waals surface area contributed by atoms with Crippen LogP contribution in [0.15, 0.2) is 29.4 Å². The molecule has 0 radical (unpaired) electrons. The third-order valence-electron chi connectivity index (χ3n) is 5.61. The largest absolute Gasteiger partial charge is 0.497 e. The predicted molar refractivity (Wildman–Crippen MR) is 116 cm³/mol. The van der Waals surface area contributed by atoms with E-state index < -0.39 is 0 Å². The van der Waals surface area contributed by atoms with Gasteiger partial charge in [-0.2, -0.15) is 0 Å². The topological polar surface area (TPSA) is 59.8 Å². The molecule has 0 spiro atoms. The van der Waals surface area contributed by atoms with Crippen molar-refractivity contribution in [2.75, 3.05) is 39.5 Å². The van der Waals surface area contributed by atoms with Gasteiger partial charge in [0.1, 0.15) is 12.3 Å². The van der Waals surface area contributed by atoms with Crippen LogP contribution in [0.5, 0.6) is 5.75 Å². The van der Waals surface area contributed by atoms with Gasteiger partial charge in [-0.25, -0.2) is 9.97 Å². The number of benzene rings is 1. The number of quaternary nitrogens is 1. The molecule has 0 unspecified atom stereocenters. The number of rotatable bonds is 7. The minimum absolute atomic E-state index is 0.237. The molecule has 7 heteroatoms. The molecular weight excluding hydrogens is 384 g/mol. The molecule has 2 heterocycles. The van der Waals surface area contributed by atoms with Gasteiger partial charge in [0.2, 0.25) is 5.91 Å². The summed E-state index contributed by atoms with van der Waals surface area (Å²) in [6, 6.07) is 8.26. The van der Waals surface area contributed by atoms with Crippen LogP contribution >= 0.6 is 11.8 Å². The molecule has 1 fully saturated rings. The Morgan fingerprint density at radius 2 is 1.76 bits per heavy atom. The Labute approximate surface area is 177 Å². The maximum atomic E-state index is 12.7. The summed E-state index contributed by atoms with van der Waals surface area (Å²) in [7, 11) is 1.69. The number of thioether (sulfide) groups is 1. The van der Waals surface area contributed by atoms with E-state index in [-0.39, 0.29) is 5.91 Å². The highest BCUT2D eigenvalue weighted by Crippen LogP contribution is 2.17. The third-order valence-corrected chi connectivity index (χ3v) is 6.16. The van der Waals surface area contributed by atoms with E-state index in [4.69, 9.17) is 4.74 Å². The number of nitrogens with zero attached hydrogens (tertiary/aromatic N) is 3. The molecule has 1 N–H and O–H groups in total. The Morgan fingerprint density at radius 3 is 2.31 bits per heavy atom. The third kappa shape index (κ3) is 5.70. The molecule has 1 amide bonds. The van der Waals surface area contributed by atoms with Crippen LogP contribution < -0.4 is 9.64 Å². The molecule has 1 aromatic carbocycles. The molecule has 1 aliphatic rings. The van der Waals surface area contributed by atoms with Gasteiger partial charge in [0.05, 0.1) is 33.3 Å².